The SMILES string of the molecule is ClC(C=Cc1ccc2ccccc2c1)CBr. The van der Waals surface area contributed by atoms with E-state index in [-0.39, 0.29) is 5.38 Å². The van der Waals surface area contributed by atoms with Crippen molar-refractivity contribution in [3.05, 3.63) is 54.1 Å². The zero-order valence-electron chi connectivity index (χ0n) is 8.74. The molecule has 2 heteroatoms. The van der Waals surface area contributed by atoms with Gasteiger partial charge < -0.3 is 0 Å². The average molecular weight is 296 g/mol. The first-order valence-electron chi connectivity index (χ1n) is 5.16. The number of hydrogen-bond donors (Lipinski definition) is 0. The summed E-state index contributed by atoms with van der Waals surface area (Å²) in [7, 11) is 0. The van der Waals surface area contributed by atoms with E-state index in [1.165, 1.54) is 16.3 Å². The number of alkyl halides is 2. The Morgan fingerprint density at radius 1 is 1.12 bits per heavy atom. The van der Waals surface area contributed by atoms with E-state index in [0.29, 0.717) is 0 Å². The van der Waals surface area contributed by atoms with Crippen molar-refractivity contribution in [1.82, 2.24) is 0 Å². The van der Waals surface area contributed by atoms with Crippen molar-refractivity contribution < 1.29 is 0 Å². The first-order valence-corrected chi connectivity index (χ1v) is 6.72. The maximum atomic E-state index is 6.00. The third-order valence-electron chi connectivity index (χ3n) is 2.42. The van der Waals surface area contributed by atoms with Gasteiger partial charge in [0.05, 0.1) is 5.38 Å². The van der Waals surface area contributed by atoms with Crippen molar-refractivity contribution in [2.24, 2.45) is 0 Å². The van der Waals surface area contributed by atoms with Crippen molar-refractivity contribution in [1.29, 1.82) is 0 Å². The highest BCUT2D eigenvalue weighted by molar-refractivity contribution is 9.09. The first-order chi connectivity index (χ1) is 7.79. The second kappa shape index (κ2) is 5.51. The summed E-state index contributed by atoms with van der Waals surface area (Å²) in [5, 5.41) is 3.35. The molecule has 0 aliphatic heterocycles. The Morgan fingerprint density at radius 3 is 2.62 bits per heavy atom. The molecule has 1 unspecified atom stereocenters. The van der Waals surface area contributed by atoms with Crippen molar-refractivity contribution in [2.45, 2.75) is 5.38 Å². The Hall–Kier alpha value is -0.790. The lowest BCUT2D eigenvalue weighted by Crippen LogP contribution is -1.92. The maximum Gasteiger partial charge on any atom is 0.0616 e. The molecule has 0 heterocycles. The van der Waals surface area contributed by atoms with E-state index in [0.717, 1.165) is 5.33 Å². The molecule has 0 aromatic heterocycles. The smallest absolute Gasteiger partial charge is 0.0616 e. The fourth-order valence-electron chi connectivity index (χ4n) is 1.58. The van der Waals surface area contributed by atoms with Crippen molar-refractivity contribution in [3.8, 4) is 0 Å². The molecule has 1 atom stereocenters. The van der Waals surface area contributed by atoms with Gasteiger partial charge in [-0.15, -0.1) is 11.6 Å². The van der Waals surface area contributed by atoms with Gasteiger partial charge >= 0.3 is 0 Å². The van der Waals surface area contributed by atoms with Crippen LogP contribution in [0.5, 0.6) is 0 Å². The van der Waals surface area contributed by atoms with E-state index < -0.39 is 0 Å². The average Bonchev–Trinajstić information content (AvgIpc) is 2.35. The van der Waals surface area contributed by atoms with Gasteiger partial charge in [-0.2, -0.15) is 0 Å². The van der Waals surface area contributed by atoms with E-state index >= 15 is 0 Å². The largest absolute Gasteiger partial charge is 0.118 e. The summed E-state index contributed by atoms with van der Waals surface area (Å²) in [6.07, 6.45) is 4.06. The Balaban J connectivity index is 2.29. The highest BCUT2D eigenvalue weighted by atomic mass is 79.9. The van der Waals surface area contributed by atoms with Crippen LogP contribution in [0, 0.1) is 0 Å². The highest BCUT2D eigenvalue weighted by Gasteiger charge is 1.96. The number of allylic oxidation sites excluding steroid dienone is 1. The molecule has 82 valence electrons. The van der Waals surface area contributed by atoms with Crippen LogP contribution in [0.15, 0.2) is 48.5 Å². The Morgan fingerprint density at radius 2 is 1.88 bits per heavy atom. The van der Waals surface area contributed by atoms with Gasteiger partial charge in [-0.3, -0.25) is 0 Å². The van der Waals surface area contributed by atoms with Gasteiger partial charge in [0.2, 0.25) is 0 Å². The minimum absolute atomic E-state index is 0.0477. The molecule has 0 nitrogen and oxygen atoms in total. The second-order valence-electron chi connectivity index (χ2n) is 3.64. The predicted octanol–water partition coefficient (Wildman–Crippen LogP) is 4.86. The number of fused-ring (bicyclic) bond motifs is 1. The predicted molar refractivity (Wildman–Crippen MR) is 76.4 cm³/mol. The van der Waals surface area contributed by atoms with Gasteiger partial charge in [-0.05, 0) is 22.4 Å². The fraction of sp³-hybridized carbons (Fsp3) is 0.143. The Kier molecular flexibility index (Phi) is 4.03. The molecule has 0 bridgehead atoms. The molecule has 0 amide bonds. The first kappa shape index (κ1) is 11.7. The summed E-state index contributed by atoms with van der Waals surface area (Å²) in [5.74, 6) is 0. The zero-order chi connectivity index (χ0) is 11.4. The van der Waals surface area contributed by atoms with Crippen molar-refractivity contribution >= 4 is 44.4 Å². The van der Waals surface area contributed by atoms with Gasteiger partial charge in [0.25, 0.3) is 0 Å². The van der Waals surface area contributed by atoms with Gasteiger partial charge in [0, 0.05) is 5.33 Å². The number of benzene rings is 2. The molecular weight excluding hydrogens is 284 g/mol. The maximum absolute atomic E-state index is 6.00. The molecule has 2 aromatic carbocycles. The molecule has 0 saturated carbocycles. The minimum atomic E-state index is 0.0477. The standard InChI is InChI=1S/C14H12BrCl/c15-10-14(16)8-6-11-5-7-12-3-1-2-4-13(12)9-11/h1-9,14H,10H2. The van der Waals surface area contributed by atoms with E-state index in [1.807, 2.05) is 6.08 Å². The summed E-state index contributed by atoms with van der Waals surface area (Å²) in [6, 6.07) is 14.8. The summed E-state index contributed by atoms with van der Waals surface area (Å²) in [4.78, 5) is 0. The number of hydrogen-bond acceptors (Lipinski definition) is 0. The van der Waals surface area contributed by atoms with Crippen LogP contribution in [-0.4, -0.2) is 10.7 Å². The zero-order valence-corrected chi connectivity index (χ0v) is 11.1. The van der Waals surface area contributed by atoms with Gasteiger partial charge in [-0.25, -0.2) is 0 Å². The van der Waals surface area contributed by atoms with Crippen LogP contribution in [0.25, 0.3) is 16.8 Å². The van der Waals surface area contributed by atoms with Crippen LogP contribution >= 0.6 is 27.5 Å². The van der Waals surface area contributed by atoms with Crippen LogP contribution in [-0.2, 0) is 0 Å². The number of rotatable bonds is 3. The molecule has 0 fully saturated rings. The summed E-state index contributed by atoms with van der Waals surface area (Å²) in [5.41, 5.74) is 1.19. The minimum Gasteiger partial charge on any atom is -0.118 e. The normalized spacial score (nSPS) is 13.4. The highest BCUT2D eigenvalue weighted by Crippen LogP contribution is 2.17. The molecule has 0 N–H and O–H groups in total. The molecule has 2 aromatic rings. The van der Waals surface area contributed by atoms with Crippen LogP contribution in [0.3, 0.4) is 0 Å². The molecule has 0 saturated heterocycles. The molecule has 0 spiro atoms. The van der Waals surface area contributed by atoms with Gasteiger partial charge in [0.1, 0.15) is 0 Å². The summed E-state index contributed by atoms with van der Waals surface area (Å²) in [6.45, 7) is 0. The molecule has 2 rings (SSSR count). The lowest BCUT2D eigenvalue weighted by Gasteiger charge is -2.00. The van der Waals surface area contributed by atoms with E-state index in [9.17, 15) is 0 Å². The lowest BCUT2D eigenvalue weighted by molar-refractivity contribution is 1.28. The lowest BCUT2D eigenvalue weighted by atomic mass is 10.1. The number of halogens is 2. The third kappa shape index (κ3) is 2.87. The molecule has 16 heavy (non-hydrogen) atoms. The second-order valence-corrected chi connectivity index (χ2v) is 4.84. The Labute approximate surface area is 109 Å². The topological polar surface area (TPSA) is 0 Å². The molecule has 0 radical (unpaired) electrons. The van der Waals surface area contributed by atoms with Crippen LogP contribution < -0.4 is 0 Å². The van der Waals surface area contributed by atoms with Gasteiger partial charge in [-0.1, -0.05) is 64.5 Å². The fourth-order valence-corrected chi connectivity index (χ4v) is 1.87. The van der Waals surface area contributed by atoms with E-state index in [4.69, 9.17) is 11.6 Å². The van der Waals surface area contributed by atoms with Crippen LogP contribution in [0.4, 0.5) is 0 Å². The summed E-state index contributed by atoms with van der Waals surface area (Å²) >= 11 is 9.34. The molecule has 0 aliphatic rings. The van der Waals surface area contributed by atoms with Crippen molar-refractivity contribution in [3.63, 3.8) is 0 Å². The van der Waals surface area contributed by atoms with E-state index in [2.05, 4.69) is 64.5 Å². The summed E-state index contributed by atoms with van der Waals surface area (Å²) < 4.78 is 0. The molecule has 0 aliphatic carbocycles. The van der Waals surface area contributed by atoms with Crippen molar-refractivity contribution in [2.75, 3.05) is 5.33 Å². The monoisotopic (exact) mass is 294 g/mol. The molecular formula is C14H12BrCl. The third-order valence-corrected chi connectivity index (χ3v) is 3.79. The van der Waals surface area contributed by atoms with Crippen LogP contribution in [0.1, 0.15) is 5.56 Å². The quantitative estimate of drug-likeness (QED) is 0.710. The Bertz CT molecular complexity index is 505. The van der Waals surface area contributed by atoms with Gasteiger partial charge in [0.15, 0.2) is 0 Å². The van der Waals surface area contributed by atoms with E-state index in [1.54, 1.807) is 0 Å². The van der Waals surface area contributed by atoms with Crippen LogP contribution in [0.2, 0.25) is 0 Å².